The lowest BCUT2D eigenvalue weighted by molar-refractivity contribution is 0.751. The topological polar surface area (TPSA) is 52.6 Å². The molecule has 0 aliphatic heterocycles. The molecule has 1 aromatic carbocycles. The van der Waals surface area contributed by atoms with Crippen LogP contribution in [0.25, 0.3) is 0 Å². The third-order valence-corrected chi connectivity index (χ3v) is 4.71. The second-order valence-electron chi connectivity index (χ2n) is 5.91. The van der Waals surface area contributed by atoms with Gasteiger partial charge in [-0.3, -0.25) is 0 Å². The maximum atomic E-state index is 4.63. The molecule has 0 atom stereocenters. The third-order valence-electron chi connectivity index (χ3n) is 3.81. The van der Waals surface area contributed by atoms with E-state index in [0.717, 1.165) is 37.1 Å². The summed E-state index contributed by atoms with van der Waals surface area (Å²) in [6.07, 6.45) is 1.90. The van der Waals surface area contributed by atoms with Gasteiger partial charge in [-0.2, -0.15) is 0 Å². The molecule has 0 unspecified atom stereocenters. The Bertz CT molecular complexity index is 680. The summed E-state index contributed by atoms with van der Waals surface area (Å²) in [6, 6.07) is 8.64. The third kappa shape index (κ3) is 6.38. The van der Waals surface area contributed by atoms with Crippen molar-refractivity contribution in [1.82, 2.24) is 15.6 Å². The fraction of sp³-hybridized carbons (Fsp3) is 0.474. The predicted octanol–water partition coefficient (Wildman–Crippen LogP) is 3.34. The molecule has 2 rings (SSSR count). The molecule has 0 fully saturated rings. The van der Waals surface area contributed by atoms with Crippen LogP contribution in [0.3, 0.4) is 0 Å². The van der Waals surface area contributed by atoms with Gasteiger partial charge < -0.3 is 15.5 Å². The van der Waals surface area contributed by atoms with E-state index in [0.29, 0.717) is 6.54 Å². The van der Waals surface area contributed by atoms with Gasteiger partial charge in [0, 0.05) is 42.9 Å². The molecule has 0 aliphatic rings. The van der Waals surface area contributed by atoms with Gasteiger partial charge in [-0.25, -0.2) is 9.98 Å². The lowest BCUT2D eigenvalue weighted by Crippen LogP contribution is -2.41. The van der Waals surface area contributed by atoms with Crippen molar-refractivity contribution >= 4 is 23.0 Å². The highest BCUT2D eigenvalue weighted by Gasteiger charge is 2.05. The van der Waals surface area contributed by atoms with Crippen LogP contribution in [-0.4, -0.2) is 37.1 Å². The van der Waals surface area contributed by atoms with Crippen molar-refractivity contribution in [3.8, 4) is 0 Å². The van der Waals surface area contributed by atoms with Gasteiger partial charge in [0.15, 0.2) is 5.96 Å². The number of anilines is 1. The molecule has 1 aromatic heterocycles. The van der Waals surface area contributed by atoms with Gasteiger partial charge in [0.1, 0.15) is 5.01 Å². The Balaban J connectivity index is 1.89. The van der Waals surface area contributed by atoms with E-state index in [1.165, 1.54) is 16.1 Å². The molecule has 25 heavy (non-hydrogen) atoms. The molecule has 0 saturated heterocycles. The van der Waals surface area contributed by atoms with E-state index < -0.39 is 0 Å². The smallest absolute Gasteiger partial charge is 0.191 e. The van der Waals surface area contributed by atoms with E-state index in [9.17, 15) is 0 Å². The number of aromatic nitrogens is 1. The maximum Gasteiger partial charge on any atom is 0.191 e. The van der Waals surface area contributed by atoms with Crippen molar-refractivity contribution in [1.29, 1.82) is 0 Å². The van der Waals surface area contributed by atoms with E-state index in [1.807, 2.05) is 6.20 Å². The van der Waals surface area contributed by atoms with Crippen molar-refractivity contribution in [3.05, 3.63) is 45.9 Å². The standard InChI is InChI=1S/C19H29N5S/c1-5-20-19(23-14-18-22-13-16(4)25-18)21-10-11-24(6-2)17-9-7-8-15(3)12-17/h7-9,12-13H,5-6,10-11,14H2,1-4H3,(H2,20,21,23). The minimum Gasteiger partial charge on any atom is -0.370 e. The fourth-order valence-corrected chi connectivity index (χ4v) is 3.28. The average Bonchev–Trinajstić information content (AvgIpc) is 3.02. The molecule has 6 heteroatoms. The molecule has 0 aliphatic carbocycles. The predicted molar refractivity (Wildman–Crippen MR) is 109 cm³/mol. The van der Waals surface area contributed by atoms with Gasteiger partial charge in [0.2, 0.25) is 0 Å². The number of hydrogen-bond acceptors (Lipinski definition) is 4. The fourth-order valence-electron chi connectivity index (χ4n) is 2.57. The number of aryl methyl sites for hydroxylation is 2. The number of benzene rings is 1. The number of likely N-dealkylation sites (N-methyl/N-ethyl adjacent to an activating group) is 1. The number of thiazole rings is 1. The van der Waals surface area contributed by atoms with E-state index in [4.69, 9.17) is 0 Å². The number of nitrogens with one attached hydrogen (secondary N) is 2. The number of aliphatic imine (C=N–C) groups is 1. The zero-order chi connectivity index (χ0) is 18.1. The Hall–Kier alpha value is -2.08. The van der Waals surface area contributed by atoms with Crippen LogP contribution < -0.4 is 15.5 Å². The van der Waals surface area contributed by atoms with Gasteiger partial charge in [-0.15, -0.1) is 11.3 Å². The monoisotopic (exact) mass is 359 g/mol. The maximum absolute atomic E-state index is 4.63. The Labute approximate surface area is 155 Å². The number of rotatable bonds is 8. The van der Waals surface area contributed by atoms with Crippen molar-refractivity contribution in [3.63, 3.8) is 0 Å². The summed E-state index contributed by atoms with van der Waals surface area (Å²) in [5, 5.41) is 7.76. The largest absolute Gasteiger partial charge is 0.370 e. The number of guanidine groups is 1. The zero-order valence-electron chi connectivity index (χ0n) is 15.7. The Kier molecular flexibility index (Phi) is 7.73. The van der Waals surface area contributed by atoms with E-state index in [-0.39, 0.29) is 0 Å². The first-order valence-electron chi connectivity index (χ1n) is 8.87. The highest BCUT2D eigenvalue weighted by molar-refractivity contribution is 7.11. The molecule has 136 valence electrons. The van der Waals surface area contributed by atoms with Crippen LogP contribution in [0, 0.1) is 13.8 Å². The first-order chi connectivity index (χ1) is 12.1. The quantitative estimate of drug-likeness (QED) is 0.561. The van der Waals surface area contributed by atoms with Crippen molar-refractivity contribution in [2.24, 2.45) is 4.99 Å². The minimum atomic E-state index is 0.614. The highest BCUT2D eigenvalue weighted by Crippen LogP contribution is 2.15. The first kappa shape index (κ1) is 19.2. The number of hydrogen-bond donors (Lipinski definition) is 2. The normalized spacial score (nSPS) is 11.4. The van der Waals surface area contributed by atoms with Crippen LogP contribution in [-0.2, 0) is 6.54 Å². The van der Waals surface area contributed by atoms with Crippen LogP contribution in [0.15, 0.2) is 35.5 Å². The van der Waals surface area contributed by atoms with Crippen LogP contribution in [0.5, 0.6) is 0 Å². The SMILES string of the molecule is CCNC(=NCc1ncc(C)s1)NCCN(CC)c1cccc(C)c1. The van der Waals surface area contributed by atoms with Gasteiger partial charge >= 0.3 is 0 Å². The molecule has 0 amide bonds. The molecule has 0 spiro atoms. The lowest BCUT2D eigenvalue weighted by Gasteiger charge is -2.24. The average molecular weight is 360 g/mol. The second kappa shape index (κ2) is 10.0. The molecule has 1 heterocycles. The van der Waals surface area contributed by atoms with E-state index in [2.05, 4.69) is 77.5 Å². The van der Waals surface area contributed by atoms with E-state index in [1.54, 1.807) is 11.3 Å². The van der Waals surface area contributed by atoms with Crippen LogP contribution >= 0.6 is 11.3 Å². The van der Waals surface area contributed by atoms with Crippen molar-refractivity contribution in [2.45, 2.75) is 34.2 Å². The summed E-state index contributed by atoms with van der Waals surface area (Å²) in [7, 11) is 0. The van der Waals surface area contributed by atoms with Crippen LogP contribution in [0.1, 0.15) is 29.3 Å². The molecule has 0 radical (unpaired) electrons. The Morgan fingerprint density at radius 2 is 2.08 bits per heavy atom. The molecule has 0 bridgehead atoms. The summed E-state index contributed by atoms with van der Waals surface area (Å²) >= 11 is 1.70. The molecule has 0 saturated carbocycles. The van der Waals surface area contributed by atoms with Gasteiger partial charge in [0.05, 0.1) is 6.54 Å². The summed E-state index contributed by atoms with van der Waals surface area (Å²) in [6.45, 7) is 12.7. The summed E-state index contributed by atoms with van der Waals surface area (Å²) in [4.78, 5) is 12.6. The van der Waals surface area contributed by atoms with Crippen molar-refractivity contribution in [2.75, 3.05) is 31.1 Å². The van der Waals surface area contributed by atoms with Gasteiger partial charge in [-0.1, -0.05) is 12.1 Å². The van der Waals surface area contributed by atoms with Crippen LogP contribution in [0.2, 0.25) is 0 Å². The lowest BCUT2D eigenvalue weighted by atomic mass is 10.2. The summed E-state index contributed by atoms with van der Waals surface area (Å²) < 4.78 is 0. The minimum absolute atomic E-state index is 0.614. The molecular weight excluding hydrogens is 330 g/mol. The summed E-state index contributed by atoms with van der Waals surface area (Å²) in [5.41, 5.74) is 2.56. The second-order valence-corrected chi connectivity index (χ2v) is 7.22. The highest BCUT2D eigenvalue weighted by atomic mass is 32.1. The number of nitrogens with zero attached hydrogens (tertiary/aromatic N) is 3. The zero-order valence-corrected chi connectivity index (χ0v) is 16.5. The van der Waals surface area contributed by atoms with Crippen LogP contribution in [0.4, 0.5) is 5.69 Å². The van der Waals surface area contributed by atoms with Crippen molar-refractivity contribution < 1.29 is 0 Å². The van der Waals surface area contributed by atoms with Gasteiger partial charge in [-0.05, 0) is 45.4 Å². The first-order valence-corrected chi connectivity index (χ1v) is 9.69. The Morgan fingerprint density at radius 1 is 1.24 bits per heavy atom. The Morgan fingerprint density at radius 3 is 2.72 bits per heavy atom. The molecule has 2 aromatic rings. The molecular formula is C19H29N5S. The molecule has 5 nitrogen and oxygen atoms in total. The van der Waals surface area contributed by atoms with E-state index >= 15 is 0 Å². The molecule has 2 N–H and O–H groups in total. The van der Waals surface area contributed by atoms with Gasteiger partial charge in [0.25, 0.3) is 0 Å². The summed E-state index contributed by atoms with van der Waals surface area (Å²) in [5.74, 6) is 0.843.